The van der Waals surface area contributed by atoms with Gasteiger partial charge >= 0.3 is 0 Å². The third kappa shape index (κ3) is 4.23. The molecular weight excluding hydrogens is 326 g/mol. The fraction of sp³-hybridized carbons (Fsp3) is 0.200. The van der Waals surface area contributed by atoms with E-state index in [-0.39, 0.29) is 0 Å². The van der Waals surface area contributed by atoms with Crippen molar-refractivity contribution in [3.8, 4) is 5.75 Å². The summed E-state index contributed by atoms with van der Waals surface area (Å²) in [6, 6.07) is 13.7. The highest BCUT2D eigenvalue weighted by Crippen LogP contribution is 2.24. The molecule has 2 rings (SSSR count). The van der Waals surface area contributed by atoms with Crippen LogP contribution in [0.4, 0.5) is 0 Å². The maximum absolute atomic E-state index is 5.99. The minimum absolute atomic E-state index is 0.534. The van der Waals surface area contributed by atoms with E-state index in [1.54, 1.807) is 0 Å². The molecule has 0 saturated heterocycles. The molecule has 19 heavy (non-hydrogen) atoms. The van der Waals surface area contributed by atoms with Gasteiger partial charge in [-0.15, -0.1) is 0 Å². The molecule has 0 radical (unpaired) electrons. The summed E-state index contributed by atoms with van der Waals surface area (Å²) in [5, 5.41) is 0.708. The zero-order chi connectivity index (χ0) is 13.7. The van der Waals surface area contributed by atoms with Gasteiger partial charge < -0.3 is 10.5 Å². The standard InChI is InChI=1S/C15H15BrClNO/c16-13-3-1-11(2-4-13)10-19-15-6-5-14(17)9-12(15)7-8-18/h1-6,9H,7-8,10,18H2. The van der Waals surface area contributed by atoms with Crippen LogP contribution >= 0.6 is 27.5 Å². The summed E-state index contributed by atoms with van der Waals surface area (Å²) in [5.74, 6) is 0.845. The molecule has 100 valence electrons. The second kappa shape index (κ2) is 6.94. The van der Waals surface area contributed by atoms with Gasteiger partial charge in [-0.05, 0) is 54.4 Å². The average Bonchev–Trinajstić information content (AvgIpc) is 2.40. The van der Waals surface area contributed by atoms with Crippen LogP contribution in [0, 0.1) is 0 Å². The molecule has 0 unspecified atom stereocenters. The van der Waals surface area contributed by atoms with Crippen molar-refractivity contribution in [2.75, 3.05) is 6.54 Å². The Bertz CT molecular complexity index is 542. The minimum Gasteiger partial charge on any atom is -0.489 e. The summed E-state index contributed by atoms with van der Waals surface area (Å²) in [7, 11) is 0. The molecule has 0 aliphatic heterocycles. The van der Waals surface area contributed by atoms with Gasteiger partial charge in [0, 0.05) is 9.50 Å². The van der Waals surface area contributed by atoms with Crippen LogP contribution in [0.1, 0.15) is 11.1 Å². The maximum Gasteiger partial charge on any atom is 0.123 e. The molecule has 2 N–H and O–H groups in total. The fourth-order valence-corrected chi connectivity index (χ4v) is 2.24. The number of nitrogens with two attached hydrogens (primary N) is 1. The third-order valence-electron chi connectivity index (χ3n) is 2.74. The Hall–Kier alpha value is -1.03. The van der Waals surface area contributed by atoms with Gasteiger partial charge in [0.1, 0.15) is 12.4 Å². The Morgan fingerprint density at radius 3 is 2.53 bits per heavy atom. The highest BCUT2D eigenvalue weighted by molar-refractivity contribution is 9.10. The summed E-state index contributed by atoms with van der Waals surface area (Å²) >= 11 is 9.40. The van der Waals surface area contributed by atoms with Gasteiger partial charge in [0.25, 0.3) is 0 Å². The van der Waals surface area contributed by atoms with E-state index in [0.717, 1.165) is 27.8 Å². The largest absolute Gasteiger partial charge is 0.489 e. The number of hydrogen-bond acceptors (Lipinski definition) is 2. The van der Waals surface area contributed by atoms with Crippen LogP contribution in [0.5, 0.6) is 5.75 Å². The van der Waals surface area contributed by atoms with E-state index >= 15 is 0 Å². The molecule has 2 aromatic carbocycles. The molecule has 4 heteroatoms. The van der Waals surface area contributed by atoms with Crippen LogP contribution in [0.25, 0.3) is 0 Å². The fourth-order valence-electron chi connectivity index (χ4n) is 1.78. The first-order valence-electron chi connectivity index (χ1n) is 6.05. The Kier molecular flexibility index (Phi) is 5.25. The molecule has 0 aliphatic carbocycles. The summed E-state index contributed by atoms with van der Waals surface area (Å²) in [5.41, 5.74) is 7.77. The minimum atomic E-state index is 0.534. The van der Waals surface area contributed by atoms with E-state index in [9.17, 15) is 0 Å². The van der Waals surface area contributed by atoms with Crippen LogP contribution in [0.2, 0.25) is 5.02 Å². The van der Waals surface area contributed by atoms with Crippen molar-refractivity contribution >= 4 is 27.5 Å². The van der Waals surface area contributed by atoms with Gasteiger partial charge in [-0.25, -0.2) is 0 Å². The summed E-state index contributed by atoms with van der Waals surface area (Å²) in [6.45, 7) is 1.11. The molecule has 0 heterocycles. The Morgan fingerprint density at radius 1 is 1.11 bits per heavy atom. The first-order chi connectivity index (χ1) is 9.19. The van der Waals surface area contributed by atoms with E-state index in [2.05, 4.69) is 15.9 Å². The van der Waals surface area contributed by atoms with Gasteiger partial charge in [0.2, 0.25) is 0 Å². The number of halogens is 2. The lowest BCUT2D eigenvalue weighted by molar-refractivity contribution is 0.303. The van der Waals surface area contributed by atoms with Gasteiger partial charge in [0.05, 0.1) is 0 Å². The van der Waals surface area contributed by atoms with Crippen LogP contribution in [-0.4, -0.2) is 6.54 Å². The van der Waals surface area contributed by atoms with Crippen molar-refractivity contribution in [1.82, 2.24) is 0 Å². The van der Waals surface area contributed by atoms with Gasteiger partial charge in [-0.1, -0.05) is 39.7 Å². The van der Waals surface area contributed by atoms with Crippen molar-refractivity contribution in [3.05, 3.63) is 63.1 Å². The second-order valence-electron chi connectivity index (χ2n) is 4.21. The maximum atomic E-state index is 5.99. The summed E-state index contributed by atoms with van der Waals surface area (Å²) in [4.78, 5) is 0. The lowest BCUT2D eigenvalue weighted by Crippen LogP contribution is -2.05. The topological polar surface area (TPSA) is 35.2 Å². The molecule has 2 nitrogen and oxygen atoms in total. The molecule has 0 bridgehead atoms. The van der Waals surface area contributed by atoms with E-state index in [0.29, 0.717) is 18.2 Å². The first-order valence-corrected chi connectivity index (χ1v) is 7.22. The summed E-state index contributed by atoms with van der Waals surface area (Å²) < 4.78 is 6.90. The van der Waals surface area contributed by atoms with Crippen LogP contribution in [0.3, 0.4) is 0 Å². The second-order valence-corrected chi connectivity index (χ2v) is 5.56. The lowest BCUT2D eigenvalue weighted by atomic mass is 10.1. The molecule has 0 aliphatic rings. The zero-order valence-electron chi connectivity index (χ0n) is 10.4. The van der Waals surface area contributed by atoms with Gasteiger partial charge in [0.15, 0.2) is 0 Å². The van der Waals surface area contributed by atoms with E-state index in [1.165, 1.54) is 0 Å². The highest BCUT2D eigenvalue weighted by atomic mass is 79.9. The quantitative estimate of drug-likeness (QED) is 0.886. The van der Waals surface area contributed by atoms with Crippen molar-refractivity contribution in [2.45, 2.75) is 13.0 Å². The monoisotopic (exact) mass is 339 g/mol. The Balaban J connectivity index is 2.08. The van der Waals surface area contributed by atoms with E-state index in [1.807, 2.05) is 42.5 Å². The van der Waals surface area contributed by atoms with Crippen LogP contribution in [-0.2, 0) is 13.0 Å². The van der Waals surface area contributed by atoms with E-state index in [4.69, 9.17) is 22.1 Å². The predicted molar refractivity (Wildman–Crippen MR) is 82.7 cm³/mol. The summed E-state index contributed by atoms with van der Waals surface area (Å²) in [6.07, 6.45) is 0.760. The van der Waals surface area contributed by atoms with Crippen molar-refractivity contribution in [3.63, 3.8) is 0 Å². The number of rotatable bonds is 5. The molecular formula is C15H15BrClNO. The molecule has 0 saturated carbocycles. The van der Waals surface area contributed by atoms with Gasteiger partial charge in [-0.3, -0.25) is 0 Å². The Labute approximate surface area is 126 Å². The molecule has 0 fully saturated rings. The number of hydrogen-bond donors (Lipinski definition) is 1. The zero-order valence-corrected chi connectivity index (χ0v) is 12.7. The normalized spacial score (nSPS) is 10.5. The highest BCUT2D eigenvalue weighted by Gasteiger charge is 2.04. The molecule has 0 spiro atoms. The SMILES string of the molecule is NCCc1cc(Cl)ccc1OCc1ccc(Br)cc1. The Morgan fingerprint density at radius 2 is 1.84 bits per heavy atom. The predicted octanol–water partition coefficient (Wildman–Crippen LogP) is 4.18. The first kappa shape index (κ1) is 14.4. The van der Waals surface area contributed by atoms with Crippen molar-refractivity contribution < 1.29 is 4.74 Å². The van der Waals surface area contributed by atoms with Crippen molar-refractivity contribution in [1.29, 1.82) is 0 Å². The lowest BCUT2D eigenvalue weighted by Gasteiger charge is -2.11. The molecule has 0 amide bonds. The number of ether oxygens (including phenoxy) is 1. The average molecular weight is 341 g/mol. The van der Waals surface area contributed by atoms with Crippen LogP contribution < -0.4 is 10.5 Å². The van der Waals surface area contributed by atoms with E-state index < -0.39 is 0 Å². The molecule has 0 aromatic heterocycles. The molecule has 0 atom stereocenters. The smallest absolute Gasteiger partial charge is 0.123 e. The van der Waals surface area contributed by atoms with Crippen LogP contribution in [0.15, 0.2) is 46.9 Å². The van der Waals surface area contributed by atoms with Crippen molar-refractivity contribution in [2.24, 2.45) is 5.73 Å². The molecule has 2 aromatic rings. The number of benzene rings is 2. The third-order valence-corrected chi connectivity index (χ3v) is 3.51. The van der Waals surface area contributed by atoms with Gasteiger partial charge in [-0.2, -0.15) is 0 Å².